The normalized spacial score (nSPS) is 12.3. The van der Waals surface area contributed by atoms with E-state index in [1.807, 2.05) is 44.4 Å². The van der Waals surface area contributed by atoms with Crippen LogP contribution in [0.1, 0.15) is 27.5 Å². The van der Waals surface area contributed by atoms with Crippen LogP contribution in [0.4, 0.5) is 0 Å². The zero-order valence-corrected chi connectivity index (χ0v) is 12.3. The van der Waals surface area contributed by atoms with Crippen molar-refractivity contribution in [3.05, 3.63) is 65.2 Å². The lowest BCUT2D eigenvalue weighted by Gasteiger charge is -2.25. The zero-order chi connectivity index (χ0) is 15.4. The molecular formula is C17H20N2O2. The highest BCUT2D eigenvalue weighted by atomic mass is 16.3. The number of hydrogen-bond donors (Lipinski definition) is 2. The molecule has 0 saturated carbocycles. The van der Waals surface area contributed by atoms with Gasteiger partial charge in [-0.1, -0.05) is 24.3 Å². The summed E-state index contributed by atoms with van der Waals surface area (Å²) in [6.45, 7) is 0. The number of nitrogens with zero attached hydrogens (tertiary/aromatic N) is 1. The molecular weight excluding hydrogens is 264 g/mol. The second-order valence-corrected chi connectivity index (χ2v) is 5.34. The summed E-state index contributed by atoms with van der Waals surface area (Å²) in [4.78, 5) is 13.4. The maximum absolute atomic E-state index is 11.3. The largest absolute Gasteiger partial charge is 0.508 e. The quantitative estimate of drug-likeness (QED) is 0.885. The number of hydrogen-bond acceptors (Lipinski definition) is 3. The molecule has 4 nitrogen and oxygen atoms in total. The molecule has 1 unspecified atom stereocenters. The van der Waals surface area contributed by atoms with E-state index in [1.165, 1.54) is 0 Å². The first-order chi connectivity index (χ1) is 9.97. The number of rotatable bonds is 5. The van der Waals surface area contributed by atoms with Gasteiger partial charge < -0.3 is 15.7 Å². The van der Waals surface area contributed by atoms with Crippen molar-refractivity contribution in [2.45, 2.75) is 12.5 Å². The molecule has 3 N–H and O–H groups in total. The number of aromatic hydroxyl groups is 1. The van der Waals surface area contributed by atoms with Gasteiger partial charge in [0.2, 0.25) is 5.91 Å². The first-order valence-corrected chi connectivity index (χ1v) is 6.81. The van der Waals surface area contributed by atoms with Gasteiger partial charge in [-0.25, -0.2) is 0 Å². The lowest BCUT2D eigenvalue weighted by Crippen LogP contribution is -2.22. The molecule has 0 spiro atoms. The fraction of sp³-hybridized carbons (Fsp3) is 0.235. The van der Waals surface area contributed by atoms with Gasteiger partial charge in [0.15, 0.2) is 0 Å². The molecule has 0 aromatic heterocycles. The van der Waals surface area contributed by atoms with Gasteiger partial charge in [0.1, 0.15) is 5.75 Å². The highest BCUT2D eigenvalue weighted by Gasteiger charge is 2.16. The number of primary amides is 1. The molecule has 2 rings (SSSR count). The van der Waals surface area contributed by atoms with Gasteiger partial charge in [-0.05, 0) is 55.9 Å². The number of nitrogens with two attached hydrogens (primary N) is 1. The molecule has 21 heavy (non-hydrogen) atoms. The van der Waals surface area contributed by atoms with E-state index in [-0.39, 0.29) is 11.8 Å². The van der Waals surface area contributed by atoms with Gasteiger partial charge in [-0.15, -0.1) is 0 Å². The fourth-order valence-electron chi connectivity index (χ4n) is 2.35. The minimum absolute atomic E-state index is 0.133. The molecule has 0 saturated heterocycles. The molecule has 0 fully saturated rings. The van der Waals surface area contributed by atoms with Gasteiger partial charge in [0, 0.05) is 11.6 Å². The van der Waals surface area contributed by atoms with Crippen LogP contribution in [0.5, 0.6) is 5.75 Å². The Morgan fingerprint density at radius 3 is 2.43 bits per heavy atom. The molecule has 2 aromatic carbocycles. The summed E-state index contributed by atoms with van der Waals surface area (Å²) in [6, 6.07) is 14.7. The summed E-state index contributed by atoms with van der Waals surface area (Å²) in [5.41, 5.74) is 8.03. The van der Waals surface area contributed by atoms with Crippen LogP contribution >= 0.6 is 0 Å². The van der Waals surface area contributed by atoms with Crippen molar-refractivity contribution in [2.75, 3.05) is 14.1 Å². The van der Waals surface area contributed by atoms with Gasteiger partial charge in [-0.3, -0.25) is 4.79 Å². The second kappa shape index (κ2) is 6.41. The van der Waals surface area contributed by atoms with Crippen molar-refractivity contribution in [3.8, 4) is 5.75 Å². The van der Waals surface area contributed by atoms with Crippen molar-refractivity contribution in [1.82, 2.24) is 4.90 Å². The van der Waals surface area contributed by atoms with E-state index in [0.29, 0.717) is 5.56 Å². The Labute approximate surface area is 124 Å². The first-order valence-electron chi connectivity index (χ1n) is 6.81. The third kappa shape index (κ3) is 3.83. The Bertz CT molecular complexity index is 621. The minimum atomic E-state index is -0.418. The number of benzene rings is 2. The molecule has 0 aliphatic rings. The molecule has 4 heteroatoms. The van der Waals surface area contributed by atoms with Crippen LogP contribution in [0, 0.1) is 0 Å². The molecule has 0 bridgehead atoms. The van der Waals surface area contributed by atoms with Gasteiger partial charge in [-0.2, -0.15) is 0 Å². The Morgan fingerprint density at radius 2 is 1.86 bits per heavy atom. The lowest BCUT2D eigenvalue weighted by atomic mass is 9.96. The SMILES string of the molecule is CN(C)C(Cc1ccc(O)cc1)c1cccc(C(N)=O)c1. The number of phenols is 1. The average Bonchev–Trinajstić information content (AvgIpc) is 2.46. The van der Waals surface area contributed by atoms with Crippen molar-refractivity contribution < 1.29 is 9.90 Å². The van der Waals surface area contributed by atoms with E-state index in [9.17, 15) is 9.90 Å². The van der Waals surface area contributed by atoms with E-state index in [1.54, 1.807) is 18.2 Å². The van der Waals surface area contributed by atoms with E-state index in [4.69, 9.17) is 5.73 Å². The Morgan fingerprint density at radius 1 is 1.19 bits per heavy atom. The molecule has 1 amide bonds. The van der Waals surface area contributed by atoms with Crippen molar-refractivity contribution in [3.63, 3.8) is 0 Å². The molecule has 0 aliphatic carbocycles. The molecule has 2 aromatic rings. The van der Waals surface area contributed by atoms with Crippen LogP contribution < -0.4 is 5.73 Å². The number of carbonyl (C=O) groups is 1. The Hall–Kier alpha value is -2.33. The maximum Gasteiger partial charge on any atom is 0.248 e. The summed E-state index contributed by atoms with van der Waals surface area (Å²) in [5, 5.41) is 9.35. The summed E-state index contributed by atoms with van der Waals surface area (Å²) in [7, 11) is 4.00. The Balaban J connectivity index is 2.28. The summed E-state index contributed by atoms with van der Waals surface area (Å²) in [5.74, 6) is -0.158. The predicted octanol–water partition coefficient (Wildman–Crippen LogP) is 2.34. The van der Waals surface area contributed by atoms with Crippen LogP contribution in [0.3, 0.4) is 0 Å². The number of carbonyl (C=O) groups excluding carboxylic acids is 1. The second-order valence-electron chi connectivity index (χ2n) is 5.34. The van der Waals surface area contributed by atoms with Crippen LogP contribution in [0.25, 0.3) is 0 Å². The summed E-state index contributed by atoms with van der Waals surface area (Å²) < 4.78 is 0. The minimum Gasteiger partial charge on any atom is -0.508 e. The zero-order valence-electron chi connectivity index (χ0n) is 12.3. The van der Waals surface area contributed by atoms with Crippen molar-refractivity contribution in [2.24, 2.45) is 5.73 Å². The van der Waals surface area contributed by atoms with Crippen LogP contribution in [0.15, 0.2) is 48.5 Å². The summed E-state index contributed by atoms with van der Waals surface area (Å²) in [6.07, 6.45) is 0.787. The molecule has 110 valence electrons. The van der Waals surface area contributed by atoms with Gasteiger partial charge in [0.25, 0.3) is 0 Å². The van der Waals surface area contributed by atoms with Crippen LogP contribution in [-0.4, -0.2) is 30.0 Å². The van der Waals surface area contributed by atoms with Crippen molar-refractivity contribution in [1.29, 1.82) is 0 Å². The van der Waals surface area contributed by atoms with Crippen molar-refractivity contribution >= 4 is 5.91 Å². The van der Waals surface area contributed by atoms with Crippen LogP contribution in [0.2, 0.25) is 0 Å². The highest BCUT2D eigenvalue weighted by Crippen LogP contribution is 2.24. The van der Waals surface area contributed by atoms with E-state index in [0.717, 1.165) is 17.5 Å². The lowest BCUT2D eigenvalue weighted by molar-refractivity contribution is 0.1000. The first kappa shape index (κ1) is 15.1. The number of likely N-dealkylation sites (N-methyl/N-ethyl adjacent to an activating group) is 1. The Kier molecular flexibility index (Phi) is 4.60. The number of phenolic OH excluding ortho intramolecular Hbond substituents is 1. The smallest absolute Gasteiger partial charge is 0.248 e. The van der Waals surface area contributed by atoms with Gasteiger partial charge in [0.05, 0.1) is 0 Å². The highest BCUT2D eigenvalue weighted by molar-refractivity contribution is 5.92. The topological polar surface area (TPSA) is 66.6 Å². The number of amides is 1. The van der Waals surface area contributed by atoms with E-state index < -0.39 is 5.91 Å². The standard InChI is InChI=1S/C17H20N2O2/c1-19(2)16(10-12-6-8-15(20)9-7-12)13-4-3-5-14(11-13)17(18)21/h3-9,11,16,20H,10H2,1-2H3,(H2,18,21). The maximum atomic E-state index is 11.3. The summed E-state index contributed by atoms with van der Waals surface area (Å²) >= 11 is 0. The molecule has 0 heterocycles. The predicted molar refractivity (Wildman–Crippen MR) is 83.2 cm³/mol. The third-order valence-corrected chi connectivity index (χ3v) is 3.54. The molecule has 0 aliphatic heterocycles. The monoisotopic (exact) mass is 284 g/mol. The molecule has 0 radical (unpaired) electrons. The average molecular weight is 284 g/mol. The molecule has 1 atom stereocenters. The van der Waals surface area contributed by atoms with E-state index >= 15 is 0 Å². The van der Waals surface area contributed by atoms with Crippen LogP contribution in [-0.2, 0) is 6.42 Å². The third-order valence-electron chi connectivity index (χ3n) is 3.54. The fourth-order valence-corrected chi connectivity index (χ4v) is 2.35. The van der Waals surface area contributed by atoms with E-state index in [2.05, 4.69) is 4.90 Å². The van der Waals surface area contributed by atoms with Gasteiger partial charge >= 0.3 is 0 Å².